The molecule has 2 aromatic rings. The molecular formula is C21H22N2O2. The van der Waals surface area contributed by atoms with E-state index < -0.39 is 0 Å². The molecule has 0 bridgehead atoms. The number of Topliss-reactive ketones (excluding diaryl/α,β-unsaturated/α-hetero) is 1. The van der Waals surface area contributed by atoms with Crippen LogP contribution in [0.2, 0.25) is 0 Å². The van der Waals surface area contributed by atoms with E-state index in [0.717, 1.165) is 29.9 Å². The van der Waals surface area contributed by atoms with E-state index in [0.29, 0.717) is 13.1 Å². The van der Waals surface area contributed by atoms with E-state index in [1.807, 2.05) is 65.6 Å². The fourth-order valence-corrected chi connectivity index (χ4v) is 2.93. The van der Waals surface area contributed by atoms with Crippen LogP contribution in [0.25, 0.3) is 6.08 Å². The zero-order chi connectivity index (χ0) is 17.6. The number of piperazine rings is 1. The molecule has 1 saturated heterocycles. The van der Waals surface area contributed by atoms with Gasteiger partial charge in [0.25, 0.3) is 0 Å². The first kappa shape index (κ1) is 17.0. The summed E-state index contributed by atoms with van der Waals surface area (Å²) in [6, 6.07) is 17.5. The van der Waals surface area contributed by atoms with E-state index in [2.05, 4.69) is 4.90 Å². The Hall–Kier alpha value is -2.88. The van der Waals surface area contributed by atoms with Gasteiger partial charge in [0, 0.05) is 43.5 Å². The number of rotatable bonds is 4. The molecule has 0 radical (unpaired) electrons. The maximum atomic E-state index is 12.3. The third-order valence-corrected chi connectivity index (χ3v) is 4.45. The van der Waals surface area contributed by atoms with Gasteiger partial charge in [-0.2, -0.15) is 0 Å². The van der Waals surface area contributed by atoms with Gasteiger partial charge in [-0.25, -0.2) is 0 Å². The molecule has 0 aliphatic carbocycles. The van der Waals surface area contributed by atoms with Gasteiger partial charge < -0.3 is 9.80 Å². The molecule has 2 aromatic carbocycles. The Kier molecular flexibility index (Phi) is 5.29. The number of ketones is 1. The van der Waals surface area contributed by atoms with Crippen LogP contribution in [0.5, 0.6) is 0 Å². The van der Waals surface area contributed by atoms with Crippen LogP contribution in [-0.2, 0) is 4.79 Å². The van der Waals surface area contributed by atoms with Gasteiger partial charge in [0.05, 0.1) is 0 Å². The van der Waals surface area contributed by atoms with Crippen LogP contribution in [0.15, 0.2) is 60.7 Å². The Labute approximate surface area is 148 Å². The van der Waals surface area contributed by atoms with Crippen LogP contribution in [-0.4, -0.2) is 42.8 Å². The fourth-order valence-electron chi connectivity index (χ4n) is 2.93. The minimum absolute atomic E-state index is 0.0513. The van der Waals surface area contributed by atoms with E-state index >= 15 is 0 Å². The normalized spacial score (nSPS) is 14.8. The van der Waals surface area contributed by atoms with E-state index in [1.54, 1.807) is 13.0 Å². The van der Waals surface area contributed by atoms with Crippen LogP contribution in [0.4, 0.5) is 5.69 Å². The van der Waals surface area contributed by atoms with Gasteiger partial charge in [0.1, 0.15) is 0 Å². The number of hydrogen-bond donors (Lipinski definition) is 0. The molecule has 1 aliphatic rings. The Balaban J connectivity index is 1.55. The molecule has 0 saturated carbocycles. The molecular weight excluding hydrogens is 312 g/mol. The first-order chi connectivity index (χ1) is 12.1. The molecule has 1 heterocycles. The van der Waals surface area contributed by atoms with Crippen LogP contribution in [0, 0.1) is 0 Å². The predicted molar refractivity (Wildman–Crippen MR) is 101 cm³/mol. The second-order valence-corrected chi connectivity index (χ2v) is 6.16. The van der Waals surface area contributed by atoms with Gasteiger partial charge >= 0.3 is 0 Å². The second kappa shape index (κ2) is 7.79. The number of benzene rings is 2. The smallest absolute Gasteiger partial charge is 0.246 e. The van der Waals surface area contributed by atoms with Gasteiger partial charge in [-0.1, -0.05) is 30.3 Å². The van der Waals surface area contributed by atoms with Crippen LogP contribution in [0.3, 0.4) is 0 Å². The maximum absolute atomic E-state index is 12.3. The summed E-state index contributed by atoms with van der Waals surface area (Å²) in [5.41, 5.74) is 2.85. The molecule has 0 unspecified atom stereocenters. The molecule has 1 amide bonds. The molecule has 0 N–H and O–H groups in total. The Morgan fingerprint density at radius 1 is 0.880 bits per heavy atom. The first-order valence-electron chi connectivity index (χ1n) is 8.51. The number of nitrogens with zero attached hydrogens (tertiary/aromatic N) is 2. The molecule has 1 aliphatic heterocycles. The highest BCUT2D eigenvalue weighted by atomic mass is 16.2. The number of hydrogen-bond acceptors (Lipinski definition) is 3. The average Bonchev–Trinajstić information content (AvgIpc) is 2.67. The van der Waals surface area contributed by atoms with Gasteiger partial charge in [-0.15, -0.1) is 0 Å². The van der Waals surface area contributed by atoms with Crippen molar-refractivity contribution in [1.29, 1.82) is 0 Å². The molecule has 0 aromatic heterocycles. The van der Waals surface area contributed by atoms with Crippen molar-refractivity contribution in [3.05, 3.63) is 71.8 Å². The van der Waals surface area contributed by atoms with E-state index in [9.17, 15) is 9.59 Å². The lowest BCUT2D eigenvalue weighted by Crippen LogP contribution is -2.48. The number of amides is 1. The summed E-state index contributed by atoms with van der Waals surface area (Å²) < 4.78 is 0. The lowest BCUT2D eigenvalue weighted by molar-refractivity contribution is -0.126. The third-order valence-electron chi connectivity index (χ3n) is 4.45. The topological polar surface area (TPSA) is 40.6 Å². The van der Waals surface area contributed by atoms with Gasteiger partial charge in [-0.05, 0) is 42.8 Å². The van der Waals surface area contributed by atoms with Crippen molar-refractivity contribution in [3.8, 4) is 0 Å². The van der Waals surface area contributed by atoms with Crippen molar-refractivity contribution >= 4 is 23.5 Å². The summed E-state index contributed by atoms with van der Waals surface area (Å²) in [4.78, 5) is 27.8. The number of carbonyl (C=O) groups excluding carboxylic acids is 2. The molecule has 0 atom stereocenters. The maximum Gasteiger partial charge on any atom is 0.246 e. The van der Waals surface area contributed by atoms with Crippen molar-refractivity contribution in [2.75, 3.05) is 31.1 Å². The van der Waals surface area contributed by atoms with Gasteiger partial charge in [0.15, 0.2) is 5.78 Å². The fraction of sp³-hybridized carbons (Fsp3) is 0.238. The minimum atomic E-state index is 0.0513. The van der Waals surface area contributed by atoms with E-state index in [4.69, 9.17) is 0 Å². The predicted octanol–water partition coefficient (Wildman–Crippen LogP) is 3.25. The molecule has 25 heavy (non-hydrogen) atoms. The lowest BCUT2D eigenvalue weighted by atomic mass is 10.1. The van der Waals surface area contributed by atoms with Crippen molar-refractivity contribution in [2.24, 2.45) is 0 Å². The minimum Gasteiger partial charge on any atom is -0.368 e. The standard InChI is InChI=1S/C21H22N2O2/c1-17(24)19-8-10-20(11-9-19)22-13-15-23(16-14-22)21(25)12-7-18-5-3-2-4-6-18/h2-12H,13-16H2,1H3/b12-7+. The summed E-state index contributed by atoms with van der Waals surface area (Å²) in [5, 5.41) is 0. The quantitative estimate of drug-likeness (QED) is 0.636. The van der Waals surface area contributed by atoms with Crippen LogP contribution in [0.1, 0.15) is 22.8 Å². The molecule has 128 valence electrons. The van der Waals surface area contributed by atoms with Crippen molar-refractivity contribution in [3.63, 3.8) is 0 Å². The summed E-state index contributed by atoms with van der Waals surface area (Å²) in [5.74, 6) is 0.127. The van der Waals surface area contributed by atoms with Crippen LogP contribution < -0.4 is 4.90 Å². The first-order valence-corrected chi connectivity index (χ1v) is 8.51. The lowest BCUT2D eigenvalue weighted by Gasteiger charge is -2.35. The molecule has 1 fully saturated rings. The highest BCUT2D eigenvalue weighted by Gasteiger charge is 2.19. The highest BCUT2D eigenvalue weighted by Crippen LogP contribution is 2.18. The van der Waals surface area contributed by atoms with Crippen molar-refractivity contribution in [2.45, 2.75) is 6.92 Å². The third kappa shape index (κ3) is 4.35. The molecule has 4 nitrogen and oxygen atoms in total. The Bertz CT molecular complexity index is 758. The average molecular weight is 334 g/mol. The van der Waals surface area contributed by atoms with E-state index in [-0.39, 0.29) is 11.7 Å². The number of carbonyl (C=O) groups is 2. The summed E-state index contributed by atoms with van der Waals surface area (Å²) >= 11 is 0. The largest absolute Gasteiger partial charge is 0.368 e. The van der Waals surface area contributed by atoms with Crippen molar-refractivity contribution < 1.29 is 9.59 Å². The monoisotopic (exact) mass is 334 g/mol. The van der Waals surface area contributed by atoms with Gasteiger partial charge in [-0.3, -0.25) is 9.59 Å². The zero-order valence-corrected chi connectivity index (χ0v) is 14.4. The zero-order valence-electron chi connectivity index (χ0n) is 14.4. The molecule has 3 rings (SSSR count). The Morgan fingerprint density at radius 3 is 2.12 bits per heavy atom. The van der Waals surface area contributed by atoms with Crippen LogP contribution >= 0.6 is 0 Å². The summed E-state index contributed by atoms with van der Waals surface area (Å²) in [6.07, 6.45) is 3.50. The molecule has 4 heteroatoms. The SMILES string of the molecule is CC(=O)c1ccc(N2CCN(C(=O)/C=C/c3ccccc3)CC2)cc1. The van der Waals surface area contributed by atoms with Gasteiger partial charge in [0.2, 0.25) is 5.91 Å². The molecule has 0 spiro atoms. The highest BCUT2D eigenvalue weighted by molar-refractivity contribution is 5.94. The second-order valence-electron chi connectivity index (χ2n) is 6.16. The number of anilines is 1. The summed E-state index contributed by atoms with van der Waals surface area (Å²) in [7, 11) is 0. The Morgan fingerprint density at radius 2 is 1.52 bits per heavy atom. The summed E-state index contributed by atoms with van der Waals surface area (Å²) in [6.45, 7) is 4.57. The van der Waals surface area contributed by atoms with Crippen molar-refractivity contribution in [1.82, 2.24) is 4.90 Å². The van der Waals surface area contributed by atoms with E-state index in [1.165, 1.54) is 0 Å².